The van der Waals surface area contributed by atoms with Crippen molar-refractivity contribution in [1.82, 2.24) is 0 Å². The maximum atomic E-state index is 4.90. The number of hydrogen-bond acceptors (Lipinski definition) is 2. The van der Waals surface area contributed by atoms with Gasteiger partial charge in [0.05, 0.1) is 13.0 Å². The fourth-order valence-corrected chi connectivity index (χ4v) is 0.664. The van der Waals surface area contributed by atoms with Gasteiger partial charge in [-0.1, -0.05) is 0 Å². The van der Waals surface area contributed by atoms with Gasteiger partial charge in [0.15, 0.2) is 5.05 Å². The Balaban J connectivity index is 2.25. The van der Waals surface area contributed by atoms with Gasteiger partial charge in [0.2, 0.25) is 0 Å². The summed E-state index contributed by atoms with van der Waals surface area (Å²) < 4.78 is 4.90. The lowest BCUT2D eigenvalue weighted by Gasteiger charge is -2.10. The van der Waals surface area contributed by atoms with Gasteiger partial charge in [-0.25, -0.2) is 0 Å². The zero-order valence-corrected chi connectivity index (χ0v) is 4.75. The molecule has 38 valence electrons. The highest BCUT2D eigenvalue weighted by molar-refractivity contribution is 7.80. The zero-order chi connectivity index (χ0) is 5.11. The molecule has 1 nitrogen and oxygen atoms in total. The minimum atomic E-state index is 0.547. The predicted molar refractivity (Wildman–Crippen MR) is 31.0 cm³/mol. The van der Waals surface area contributed by atoms with Crippen LogP contribution < -0.4 is 0 Å². The molecule has 0 aliphatic carbocycles. The summed E-state index contributed by atoms with van der Waals surface area (Å²) in [4.78, 5) is 0. The molecule has 1 rings (SSSR count). The van der Waals surface area contributed by atoms with E-state index in [4.69, 9.17) is 4.74 Å². The molecule has 0 aromatic rings. The van der Waals surface area contributed by atoms with Gasteiger partial charge >= 0.3 is 0 Å². The van der Waals surface area contributed by atoms with Gasteiger partial charge in [0, 0.05) is 0 Å². The van der Waals surface area contributed by atoms with E-state index < -0.39 is 0 Å². The van der Waals surface area contributed by atoms with Crippen molar-refractivity contribution in [3.8, 4) is 0 Å². The molecule has 0 spiro atoms. The highest BCUT2D eigenvalue weighted by Gasteiger charge is 2.04. The lowest BCUT2D eigenvalue weighted by molar-refractivity contribution is 0.287. The van der Waals surface area contributed by atoms with Crippen LogP contribution in [0.15, 0.2) is 0 Å². The highest BCUT2D eigenvalue weighted by Crippen LogP contribution is 2.04. The average Bonchev–Trinajstić information content (AvgIpc) is 1.69. The minimum absolute atomic E-state index is 0.547. The summed E-state index contributed by atoms with van der Waals surface area (Å²) in [5.74, 6) is 0. The molecular formula is C5H6OS. The van der Waals surface area contributed by atoms with Crippen molar-refractivity contribution in [2.75, 3.05) is 6.61 Å². The van der Waals surface area contributed by atoms with Crippen molar-refractivity contribution in [3.63, 3.8) is 0 Å². The Kier molecular flexibility index (Phi) is 1.63. The normalized spacial score (nSPS) is 21.4. The van der Waals surface area contributed by atoms with E-state index in [1.807, 2.05) is 0 Å². The summed E-state index contributed by atoms with van der Waals surface area (Å²) >= 11 is 4.67. The molecule has 0 N–H and O–H groups in total. The van der Waals surface area contributed by atoms with Gasteiger partial charge in [-0.05, 0) is 25.1 Å². The second kappa shape index (κ2) is 2.26. The molecule has 1 aliphatic heterocycles. The van der Waals surface area contributed by atoms with Gasteiger partial charge < -0.3 is 4.74 Å². The molecule has 0 saturated carbocycles. The van der Waals surface area contributed by atoms with Crippen LogP contribution in [0.1, 0.15) is 12.8 Å². The molecule has 1 fully saturated rings. The number of thiocarbonyl (C=S) groups is 1. The minimum Gasteiger partial charge on any atom is -0.486 e. The van der Waals surface area contributed by atoms with Crippen molar-refractivity contribution in [2.24, 2.45) is 0 Å². The molecule has 2 heteroatoms. The molecule has 2 radical (unpaired) electrons. The summed E-state index contributed by atoms with van der Waals surface area (Å²) in [6, 6.07) is 0. The third-order valence-electron chi connectivity index (χ3n) is 0.824. The monoisotopic (exact) mass is 114 g/mol. The molecule has 0 atom stereocenters. The third-order valence-corrected chi connectivity index (χ3v) is 1.09. The van der Waals surface area contributed by atoms with Crippen LogP contribution in [-0.4, -0.2) is 11.7 Å². The summed E-state index contributed by atoms with van der Waals surface area (Å²) in [6.07, 6.45) is 4.93. The van der Waals surface area contributed by atoms with Crippen molar-refractivity contribution in [3.05, 3.63) is 6.42 Å². The Morgan fingerprint density at radius 1 is 1.71 bits per heavy atom. The van der Waals surface area contributed by atoms with E-state index in [1.54, 1.807) is 0 Å². The van der Waals surface area contributed by atoms with E-state index in [1.165, 1.54) is 0 Å². The zero-order valence-electron chi connectivity index (χ0n) is 3.94. The molecular weight excluding hydrogens is 108 g/mol. The van der Waals surface area contributed by atoms with Crippen molar-refractivity contribution < 1.29 is 4.74 Å². The van der Waals surface area contributed by atoms with Crippen LogP contribution in [0.2, 0.25) is 0 Å². The smallest absolute Gasteiger partial charge is 0.168 e. The van der Waals surface area contributed by atoms with Crippen LogP contribution in [0.5, 0.6) is 0 Å². The molecule has 0 bridgehead atoms. The second-order valence-electron chi connectivity index (χ2n) is 1.42. The van der Waals surface area contributed by atoms with E-state index in [2.05, 4.69) is 18.6 Å². The maximum Gasteiger partial charge on any atom is 0.168 e. The Hall–Kier alpha value is -0.110. The van der Waals surface area contributed by atoms with Gasteiger partial charge in [-0.3, -0.25) is 0 Å². The summed E-state index contributed by atoms with van der Waals surface area (Å²) in [5, 5.41) is 0.547. The molecule has 0 aromatic heterocycles. The molecule has 0 aromatic carbocycles. The van der Waals surface area contributed by atoms with Crippen molar-refractivity contribution in [1.29, 1.82) is 0 Å². The van der Waals surface area contributed by atoms with Gasteiger partial charge in [-0.2, -0.15) is 0 Å². The van der Waals surface area contributed by atoms with Gasteiger partial charge in [-0.15, -0.1) is 0 Å². The van der Waals surface area contributed by atoms with Crippen LogP contribution in [0.3, 0.4) is 0 Å². The Bertz CT molecular complexity index is 72.1. The average molecular weight is 114 g/mol. The molecule has 7 heavy (non-hydrogen) atoms. The van der Waals surface area contributed by atoms with Crippen molar-refractivity contribution >= 4 is 17.3 Å². The lowest BCUT2D eigenvalue weighted by Crippen LogP contribution is -2.09. The number of rotatable bonds is 0. The number of hydrogen-bond donors (Lipinski definition) is 0. The first kappa shape index (κ1) is 5.04. The quantitative estimate of drug-likeness (QED) is 0.438. The Morgan fingerprint density at radius 2 is 2.57 bits per heavy atom. The van der Waals surface area contributed by atoms with Gasteiger partial charge in [0.1, 0.15) is 0 Å². The largest absolute Gasteiger partial charge is 0.486 e. The van der Waals surface area contributed by atoms with E-state index in [9.17, 15) is 0 Å². The third kappa shape index (κ3) is 1.43. The van der Waals surface area contributed by atoms with E-state index in [-0.39, 0.29) is 0 Å². The fraction of sp³-hybridized carbons (Fsp3) is 0.600. The standard InChI is InChI=1S/C5H6OS/c7-5-3-1-2-4-6-5/h1-2,4H2. The fourth-order valence-electron chi connectivity index (χ4n) is 0.479. The van der Waals surface area contributed by atoms with Crippen LogP contribution >= 0.6 is 12.2 Å². The van der Waals surface area contributed by atoms with Crippen LogP contribution in [0.4, 0.5) is 0 Å². The molecule has 0 unspecified atom stereocenters. The molecule has 1 heterocycles. The van der Waals surface area contributed by atoms with E-state index >= 15 is 0 Å². The van der Waals surface area contributed by atoms with Crippen LogP contribution in [0.25, 0.3) is 0 Å². The first-order chi connectivity index (χ1) is 3.39. The maximum absolute atomic E-state index is 4.90. The van der Waals surface area contributed by atoms with Gasteiger partial charge in [0.25, 0.3) is 0 Å². The molecule has 1 aliphatic rings. The van der Waals surface area contributed by atoms with E-state index in [0.29, 0.717) is 5.05 Å². The summed E-state index contributed by atoms with van der Waals surface area (Å²) in [5.41, 5.74) is 0. The molecule has 0 amide bonds. The van der Waals surface area contributed by atoms with Crippen molar-refractivity contribution in [2.45, 2.75) is 12.8 Å². The predicted octanol–water partition coefficient (Wildman–Crippen LogP) is 1.21. The van der Waals surface area contributed by atoms with Crippen LogP contribution in [0, 0.1) is 6.42 Å². The Morgan fingerprint density at radius 3 is 2.86 bits per heavy atom. The highest BCUT2D eigenvalue weighted by atomic mass is 32.1. The van der Waals surface area contributed by atoms with E-state index in [0.717, 1.165) is 19.4 Å². The number of ether oxygens (including phenoxy) is 1. The van der Waals surface area contributed by atoms with Crippen LogP contribution in [-0.2, 0) is 4.74 Å². The topological polar surface area (TPSA) is 9.23 Å². The lowest BCUT2D eigenvalue weighted by atomic mass is 10.2. The first-order valence-corrected chi connectivity index (χ1v) is 2.71. The Labute approximate surface area is 48.7 Å². The summed E-state index contributed by atoms with van der Waals surface area (Å²) in [7, 11) is 0. The second-order valence-corrected chi connectivity index (χ2v) is 1.79. The SMILES string of the molecule is S=C1[C]CCCO1. The summed E-state index contributed by atoms with van der Waals surface area (Å²) in [6.45, 7) is 0.784. The molecule has 1 saturated heterocycles. The first-order valence-electron chi connectivity index (χ1n) is 2.30.